The van der Waals surface area contributed by atoms with Gasteiger partial charge in [-0.3, -0.25) is 14.7 Å². The number of carbonyl (C=O) groups is 2. The fourth-order valence-electron chi connectivity index (χ4n) is 2.58. The maximum atomic E-state index is 12.5. The van der Waals surface area contributed by atoms with Crippen molar-refractivity contribution in [2.75, 3.05) is 4.90 Å². The Morgan fingerprint density at radius 2 is 1.67 bits per heavy atom. The van der Waals surface area contributed by atoms with E-state index in [2.05, 4.69) is 26.1 Å². The number of nitrogens with one attached hydrogen (secondary N) is 1. The zero-order chi connectivity index (χ0) is 14.6. The quantitative estimate of drug-likeness (QED) is 0.691. The smallest absolute Gasteiger partial charge is 0.266 e. The van der Waals surface area contributed by atoms with E-state index in [0.717, 1.165) is 9.86 Å². The van der Waals surface area contributed by atoms with E-state index in [-0.39, 0.29) is 11.8 Å². The number of aromatic amines is 1. The van der Waals surface area contributed by atoms with Gasteiger partial charge >= 0.3 is 0 Å². The maximum absolute atomic E-state index is 12.5. The summed E-state index contributed by atoms with van der Waals surface area (Å²) in [5.41, 5.74) is 2.02. The molecule has 21 heavy (non-hydrogen) atoms. The molecule has 4 rings (SSSR count). The minimum absolute atomic E-state index is 0.311. The number of halogens is 1. The molecule has 6 heteroatoms. The lowest BCUT2D eigenvalue weighted by atomic mass is 10.1. The van der Waals surface area contributed by atoms with Crippen molar-refractivity contribution >= 4 is 44.3 Å². The molecule has 5 nitrogen and oxygen atoms in total. The van der Waals surface area contributed by atoms with E-state index < -0.39 is 0 Å². The molecule has 1 aliphatic heterocycles. The standard InChI is InChI=1S/C15H8BrN3O2/c16-11-5-6-12(13-10(11)7-17-18-13)19-14(20)8-3-1-2-4-9(8)15(19)21/h1-7H,(H,17,18). The summed E-state index contributed by atoms with van der Waals surface area (Å²) in [4.78, 5) is 26.2. The highest BCUT2D eigenvalue weighted by Crippen LogP contribution is 2.35. The topological polar surface area (TPSA) is 66.1 Å². The number of aromatic nitrogens is 2. The van der Waals surface area contributed by atoms with Crippen molar-refractivity contribution in [2.24, 2.45) is 0 Å². The van der Waals surface area contributed by atoms with Gasteiger partial charge < -0.3 is 0 Å². The zero-order valence-electron chi connectivity index (χ0n) is 10.6. The number of hydrogen-bond acceptors (Lipinski definition) is 3. The third kappa shape index (κ3) is 1.59. The highest BCUT2D eigenvalue weighted by atomic mass is 79.9. The van der Waals surface area contributed by atoms with Gasteiger partial charge in [0.25, 0.3) is 11.8 Å². The Morgan fingerprint density at radius 3 is 2.33 bits per heavy atom. The van der Waals surface area contributed by atoms with Crippen molar-refractivity contribution in [3.63, 3.8) is 0 Å². The summed E-state index contributed by atoms with van der Waals surface area (Å²) in [6.45, 7) is 0. The average molecular weight is 342 g/mol. The fourth-order valence-corrected chi connectivity index (χ4v) is 3.01. The number of hydrogen-bond donors (Lipinski definition) is 1. The predicted octanol–water partition coefficient (Wildman–Crippen LogP) is 3.13. The van der Waals surface area contributed by atoms with Crippen molar-refractivity contribution < 1.29 is 9.59 Å². The Morgan fingerprint density at radius 1 is 1.00 bits per heavy atom. The lowest BCUT2D eigenvalue weighted by molar-refractivity contribution is 0.0926. The Bertz CT molecular complexity index is 881. The molecule has 0 radical (unpaired) electrons. The van der Waals surface area contributed by atoms with Gasteiger partial charge in [0.2, 0.25) is 0 Å². The van der Waals surface area contributed by atoms with E-state index in [9.17, 15) is 9.59 Å². The maximum Gasteiger partial charge on any atom is 0.266 e. The summed E-state index contributed by atoms with van der Waals surface area (Å²) in [5, 5.41) is 7.66. The van der Waals surface area contributed by atoms with Gasteiger partial charge in [0.05, 0.1) is 28.5 Å². The van der Waals surface area contributed by atoms with Crippen LogP contribution in [0.25, 0.3) is 10.9 Å². The van der Waals surface area contributed by atoms with Gasteiger partial charge in [0.15, 0.2) is 0 Å². The van der Waals surface area contributed by atoms with Gasteiger partial charge in [-0.15, -0.1) is 0 Å². The van der Waals surface area contributed by atoms with Crippen molar-refractivity contribution in [1.29, 1.82) is 0 Å². The molecule has 0 fully saturated rings. The summed E-state index contributed by atoms with van der Waals surface area (Å²) in [7, 11) is 0. The van der Waals surface area contributed by atoms with Gasteiger partial charge in [0, 0.05) is 9.86 Å². The van der Waals surface area contributed by atoms with Crippen LogP contribution in [-0.4, -0.2) is 22.0 Å². The van der Waals surface area contributed by atoms with Crippen molar-refractivity contribution in [1.82, 2.24) is 10.2 Å². The van der Waals surface area contributed by atoms with E-state index >= 15 is 0 Å². The first-order valence-electron chi connectivity index (χ1n) is 6.28. The van der Waals surface area contributed by atoms with Crippen LogP contribution in [0.2, 0.25) is 0 Å². The van der Waals surface area contributed by atoms with Crippen LogP contribution >= 0.6 is 15.9 Å². The number of H-pyrrole nitrogens is 1. The molecule has 3 aromatic rings. The fraction of sp³-hybridized carbons (Fsp3) is 0. The molecule has 0 saturated carbocycles. The minimum atomic E-state index is -0.311. The average Bonchev–Trinajstić information content (AvgIpc) is 3.07. The van der Waals surface area contributed by atoms with Crippen LogP contribution in [0.3, 0.4) is 0 Å². The number of anilines is 1. The molecule has 2 aromatic carbocycles. The van der Waals surface area contributed by atoms with E-state index in [4.69, 9.17) is 0 Å². The van der Waals surface area contributed by atoms with Gasteiger partial charge in [-0.1, -0.05) is 28.1 Å². The molecule has 0 saturated heterocycles. The largest absolute Gasteiger partial charge is 0.276 e. The number of nitrogens with zero attached hydrogens (tertiary/aromatic N) is 2. The molecular weight excluding hydrogens is 334 g/mol. The highest BCUT2D eigenvalue weighted by molar-refractivity contribution is 9.10. The number of rotatable bonds is 1. The van der Waals surface area contributed by atoms with Crippen LogP contribution < -0.4 is 4.90 Å². The normalized spacial score (nSPS) is 14.0. The Hall–Kier alpha value is -2.47. The molecule has 1 aliphatic rings. The van der Waals surface area contributed by atoms with Gasteiger partial charge in [-0.2, -0.15) is 5.10 Å². The first-order chi connectivity index (χ1) is 10.2. The first kappa shape index (κ1) is 12.3. The van der Waals surface area contributed by atoms with Crippen LogP contribution in [-0.2, 0) is 0 Å². The van der Waals surface area contributed by atoms with E-state index in [1.807, 2.05) is 0 Å². The third-order valence-electron chi connectivity index (χ3n) is 3.58. The molecule has 0 unspecified atom stereocenters. The van der Waals surface area contributed by atoms with Crippen LogP contribution in [0.4, 0.5) is 5.69 Å². The second-order valence-electron chi connectivity index (χ2n) is 4.72. The second kappa shape index (κ2) is 4.26. The summed E-state index contributed by atoms with van der Waals surface area (Å²) in [6, 6.07) is 10.4. The molecule has 1 N–H and O–H groups in total. The van der Waals surface area contributed by atoms with Crippen LogP contribution in [0.15, 0.2) is 47.1 Å². The Labute approximate surface area is 127 Å². The van der Waals surface area contributed by atoms with E-state index in [1.165, 1.54) is 4.90 Å². The van der Waals surface area contributed by atoms with Crippen LogP contribution in [0, 0.1) is 0 Å². The third-order valence-corrected chi connectivity index (χ3v) is 4.27. The molecule has 2 amide bonds. The Balaban J connectivity index is 1.95. The molecule has 0 bridgehead atoms. The summed E-state index contributed by atoms with van der Waals surface area (Å²) in [5.74, 6) is -0.623. The molecule has 102 valence electrons. The lowest BCUT2D eigenvalue weighted by Gasteiger charge is -2.15. The van der Waals surface area contributed by atoms with E-state index in [1.54, 1.807) is 42.6 Å². The van der Waals surface area contributed by atoms with Gasteiger partial charge in [0.1, 0.15) is 0 Å². The van der Waals surface area contributed by atoms with Gasteiger partial charge in [-0.25, -0.2) is 4.90 Å². The number of benzene rings is 2. The number of imide groups is 1. The molecular formula is C15H8BrN3O2. The molecule has 0 aliphatic carbocycles. The number of fused-ring (bicyclic) bond motifs is 2. The van der Waals surface area contributed by atoms with Gasteiger partial charge in [-0.05, 0) is 24.3 Å². The summed E-state index contributed by atoms with van der Waals surface area (Å²) >= 11 is 3.43. The number of amides is 2. The monoisotopic (exact) mass is 341 g/mol. The summed E-state index contributed by atoms with van der Waals surface area (Å²) in [6.07, 6.45) is 1.65. The summed E-state index contributed by atoms with van der Waals surface area (Å²) < 4.78 is 0.853. The van der Waals surface area contributed by atoms with Crippen LogP contribution in [0.5, 0.6) is 0 Å². The van der Waals surface area contributed by atoms with E-state index in [0.29, 0.717) is 22.3 Å². The van der Waals surface area contributed by atoms with Crippen molar-refractivity contribution in [2.45, 2.75) is 0 Å². The molecule has 2 heterocycles. The SMILES string of the molecule is O=C1c2ccccc2C(=O)N1c1ccc(Br)c2cn[nH]c12. The van der Waals surface area contributed by atoms with Crippen molar-refractivity contribution in [3.8, 4) is 0 Å². The molecule has 0 spiro atoms. The predicted molar refractivity (Wildman–Crippen MR) is 81.4 cm³/mol. The molecule has 0 atom stereocenters. The lowest BCUT2D eigenvalue weighted by Crippen LogP contribution is -2.29. The van der Waals surface area contributed by atoms with Crippen molar-refractivity contribution in [3.05, 3.63) is 58.2 Å². The highest BCUT2D eigenvalue weighted by Gasteiger charge is 2.37. The second-order valence-corrected chi connectivity index (χ2v) is 5.57. The zero-order valence-corrected chi connectivity index (χ0v) is 12.2. The number of carbonyl (C=O) groups excluding carboxylic acids is 2. The molecule has 1 aromatic heterocycles. The minimum Gasteiger partial charge on any atom is -0.276 e. The van der Waals surface area contributed by atoms with Crippen LogP contribution in [0.1, 0.15) is 20.7 Å². The first-order valence-corrected chi connectivity index (χ1v) is 7.07. The Kier molecular flexibility index (Phi) is 2.49.